The van der Waals surface area contributed by atoms with Crippen LogP contribution in [-0.2, 0) is 13.1 Å². The van der Waals surface area contributed by atoms with Gasteiger partial charge in [-0.1, -0.05) is 26.0 Å². The molecule has 1 aromatic carbocycles. The predicted octanol–water partition coefficient (Wildman–Crippen LogP) is 4.37. The Morgan fingerprint density at radius 3 is 2.26 bits per heavy atom. The van der Waals surface area contributed by atoms with Crippen molar-refractivity contribution in [1.29, 1.82) is 0 Å². The quantitative estimate of drug-likeness (QED) is 0.831. The van der Waals surface area contributed by atoms with Crippen molar-refractivity contribution in [1.82, 2.24) is 9.78 Å². The minimum absolute atomic E-state index is 0. The van der Waals surface area contributed by atoms with Crippen LogP contribution in [-0.4, -0.2) is 23.9 Å². The molecule has 0 aliphatic rings. The van der Waals surface area contributed by atoms with E-state index in [0.717, 1.165) is 24.5 Å². The second-order valence-corrected chi connectivity index (χ2v) is 6.16. The Bertz CT molecular complexity index is 577. The lowest BCUT2D eigenvalue weighted by atomic mass is 10.2. The first-order chi connectivity index (χ1) is 9.95. The first-order valence-corrected chi connectivity index (χ1v) is 7.50. The van der Waals surface area contributed by atoms with E-state index in [4.69, 9.17) is 0 Å². The van der Waals surface area contributed by atoms with Gasteiger partial charge in [0.05, 0.1) is 11.4 Å². The second kappa shape index (κ2) is 9.68. The molecule has 2 aromatic rings. The number of aromatic nitrogens is 2. The SMILES string of the molecule is Cc1nn(CC(C)C)cc1NCc1ccc(N(C)C)cc1.Cl.Cl. The molecule has 1 heterocycles. The summed E-state index contributed by atoms with van der Waals surface area (Å²) in [5, 5.41) is 8.02. The summed E-state index contributed by atoms with van der Waals surface area (Å²) in [6, 6.07) is 8.62. The summed E-state index contributed by atoms with van der Waals surface area (Å²) in [6.45, 7) is 8.24. The Morgan fingerprint density at radius 1 is 1.13 bits per heavy atom. The third-order valence-electron chi connectivity index (χ3n) is 3.43. The van der Waals surface area contributed by atoms with Crippen LogP contribution in [0.3, 0.4) is 0 Å². The van der Waals surface area contributed by atoms with Crippen molar-refractivity contribution >= 4 is 36.2 Å². The predicted molar refractivity (Wildman–Crippen MR) is 104 cm³/mol. The molecule has 0 spiro atoms. The molecule has 0 fully saturated rings. The molecule has 1 aromatic heterocycles. The fraction of sp³-hybridized carbons (Fsp3) is 0.471. The zero-order chi connectivity index (χ0) is 15.4. The average molecular weight is 359 g/mol. The molecule has 0 bridgehead atoms. The number of rotatable bonds is 6. The van der Waals surface area contributed by atoms with E-state index in [1.165, 1.54) is 11.3 Å². The van der Waals surface area contributed by atoms with Crippen molar-refractivity contribution in [2.24, 2.45) is 5.92 Å². The minimum Gasteiger partial charge on any atom is -0.378 e. The summed E-state index contributed by atoms with van der Waals surface area (Å²) in [6.07, 6.45) is 2.10. The van der Waals surface area contributed by atoms with Gasteiger partial charge in [0, 0.05) is 39.1 Å². The Labute approximate surface area is 152 Å². The first kappa shape index (κ1) is 21.6. The zero-order valence-electron chi connectivity index (χ0n) is 14.5. The van der Waals surface area contributed by atoms with Gasteiger partial charge in [0.25, 0.3) is 0 Å². The highest BCUT2D eigenvalue weighted by molar-refractivity contribution is 5.85. The van der Waals surface area contributed by atoms with Crippen molar-refractivity contribution in [3.8, 4) is 0 Å². The molecule has 2 rings (SSSR count). The van der Waals surface area contributed by atoms with E-state index >= 15 is 0 Å². The van der Waals surface area contributed by atoms with Crippen LogP contribution in [0.2, 0.25) is 0 Å². The molecular weight excluding hydrogens is 331 g/mol. The lowest BCUT2D eigenvalue weighted by Crippen LogP contribution is -2.08. The Morgan fingerprint density at radius 2 is 1.74 bits per heavy atom. The highest BCUT2D eigenvalue weighted by atomic mass is 35.5. The normalized spacial score (nSPS) is 10.0. The van der Waals surface area contributed by atoms with Gasteiger partial charge in [-0.2, -0.15) is 5.10 Å². The van der Waals surface area contributed by atoms with Gasteiger partial charge in [-0.25, -0.2) is 0 Å². The average Bonchev–Trinajstić information content (AvgIpc) is 2.76. The topological polar surface area (TPSA) is 33.1 Å². The third kappa shape index (κ3) is 6.32. The Kier molecular flexibility index (Phi) is 9.10. The van der Waals surface area contributed by atoms with E-state index in [1.54, 1.807) is 0 Å². The van der Waals surface area contributed by atoms with Gasteiger partial charge in [0.15, 0.2) is 0 Å². The van der Waals surface area contributed by atoms with Crippen LogP contribution in [0.4, 0.5) is 11.4 Å². The third-order valence-corrected chi connectivity index (χ3v) is 3.43. The van der Waals surface area contributed by atoms with Crippen molar-refractivity contribution in [2.75, 3.05) is 24.3 Å². The summed E-state index contributed by atoms with van der Waals surface area (Å²) >= 11 is 0. The lowest BCUT2D eigenvalue weighted by molar-refractivity contribution is 0.481. The van der Waals surface area contributed by atoms with Gasteiger partial charge in [-0.05, 0) is 30.5 Å². The fourth-order valence-corrected chi connectivity index (χ4v) is 2.27. The van der Waals surface area contributed by atoms with Crippen molar-refractivity contribution in [3.63, 3.8) is 0 Å². The molecule has 0 saturated carbocycles. The van der Waals surface area contributed by atoms with Crippen molar-refractivity contribution in [2.45, 2.75) is 33.9 Å². The summed E-state index contributed by atoms with van der Waals surface area (Å²) in [5.74, 6) is 0.607. The van der Waals surface area contributed by atoms with Crippen LogP contribution in [0.1, 0.15) is 25.1 Å². The van der Waals surface area contributed by atoms with Gasteiger partial charge in [-0.15, -0.1) is 24.8 Å². The van der Waals surface area contributed by atoms with Crippen LogP contribution >= 0.6 is 24.8 Å². The molecule has 0 atom stereocenters. The monoisotopic (exact) mass is 358 g/mol. The summed E-state index contributed by atoms with van der Waals surface area (Å²) in [7, 11) is 4.11. The summed E-state index contributed by atoms with van der Waals surface area (Å²) < 4.78 is 2.03. The van der Waals surface area contributed by atoms with Crippen LogP contribution in [0.15, 0.2) is 30.5 Å². The summed E-state index contributed by atoms with van der Waals surface area (Å²) in [5.41, 5.74) is 4.67. The number of anilines is 2. The van der Waals surface area contributed by atoms with E-state index in [9.17, 15) is 0 Å². The van der Waals surface area contributed by atoms with Crippen molar-refractivity contribution in [3.05, 3.63) is 41.7 Å². The summed E-state index contributed by atoms with van der Waals surface area (Å²) in [4.78, 5) is 2.11. The maximum absolute atomic E-state index is 4.55. The molecule has 6 heteroatoms. The van der Waals surface area contributed by atoms with Gasteiger partial charge in [-0.3, -0.25) is 4.68 Å². The molecule has 0 aliphatic carbocycles. The fourth-order valence-electron chi connectivity index (χ4n) is 2.27. The van der Waals surface area contributed by atoms with Crippen LogP contribution < -0.4 is 10.2 Å². The van der Waals surface area contributed by atoms with E-state index in [2.05, 4.69) is 73.7 Å². The Balaban J connectivity index is 0.00000242. The number of aryl methyl sites for hydroxylation is 1. The largest absolute Gasteiger partial charge is 0.378 e. The smallest absolute Gasteiger partial charge is 0.0825 e. The number of halogens is 2. The lowest BCUT2D eigenvalue weighted by Gasteiger charge is -2.13. The van der Waals surface area contributed by atoms with Gasteiger partial charge in [0.1, 0.15) is 0 Å². The molecule has 0 saturated heterocycles. The van der Waals surface area contributed by atoms with E-state index < -0.39 is 0 Å². The van der Waals surface area contributed by atoms with E-state index in [-0.39, 0.29) is 24.8 Å². The molecule has 4 nitrogen and oxygen atoms in total. The van der Waals surface area contributed by atoms with Gasteiger partial charge in [0.2, 0.25) is 0 Å². The number of nitrogens with zero attached hydrogens (tertiary/aromatic N) is 3. The first-order valence-electron chi connectivity index (χ1n) is 7.50. The molecule has 0 unspecified atom stereocenters. The molecule has 130 valence electrons. The highest BCUT2D eigenvalue weighted by Crippen LogP contribution is 2.17. The molecule has 0 aliphatic heterocycles. The molecule has 1 N–H and O–H groups in total. The van der Waals surface area contributed by atoms with Gasteiger partial charge >= 0.3 is 0 Å². The van der Waals surface area contributed by atoms with Crippen molar-refractivity contribution < 1.29 is 0 Å². The minimum atomic E-state index is 0. The number of nitrogens with one attached hydrogen (secondary N) is 1. The highest BCUT2D eigenvalue weighted by Gasteiger charge is 2.06. The van der Waals surface area contributed by atoms with Crippen LogP contribution in [0.25, 0.3) is 0 Å². The van der Waals surface area contributed by atoms with E-state index in [1.807, 2.05) is 11.6 Å². The Hall–Kier alpha value is -1.39. The molecule has 0 amide bonds. The van der Waals surface area contributed by atoms with Crippen LogP contribution in [0, 0.1) is 12.8 Å². The molecular formula is C17H28Cl2N4. The molecule has 0 radical (unpaired) electrons. The standard InChI is InChI=1S/C17H26N4.2ClH/c1-13(2)11-21-12-17(14(3)19-21)18-10-15-6-8-16(9-7-15)20(4)5;;/h6-9,12-13,18H,10-11H2,1-5H3;2*1H. The maximum Gasteiger partial charge on any atom is 0.0825 e. The number of benzene rings is 1. The van der Waals surface area contributed by atoms with Crippen LogP contribution in [0.5, 0.6) is 0 Å². The second-order valence-electron chi connectivity index (χ2n) is 6.16. The number of hydrogen-bond donors (Lipinski definition) is 1. The van der Waals surface area contributed by atoms with Gasteiger partial charge < -0.3 is 10.2 Å². The number of hydrogen-bond acceptors (Lipinski definition) is 3. The maximum atomic E-state index is 4.55. The zero-order valence-corrected chi connectivity index (χ0v) is 16.2. The molecule has 23 heavy (non-hydrogen) atoms. The van der Waals surface area contributed by atoms with E-state index in [0.29, 0.717) is 5.92 Å².